The number of amides is 1. The number of aryl methyl sites for hydroxylation is 1. The van der Waals surface area contributed by atoms with Crippen LogP contribution in [0.5, 0.6) is 0 Å². The highest BCUT2D eigenvalue weighted by molar-refractivity contribution is 5.94. The minimum absolute atomic E-state index is 0.142. The normalized spacial score (nSPS) is 16.7. The van der Waals surface area contributed by atoms with E-state index < -0.39 is 11.6 Å². The Kier molecular flexibility index (Phi) is 5.31. The summed E-state index contributed by atoms with van der Waals surface area (Å²) in [4.78, 5) is 18.6. The molecule has 0 saturated carbocycles. The molecule has 0 bridgehead atoms. The molecular weight excluding hydrogens is 344 g/mol. The number of nitrogens with zero attached hydrogens (tertiary/aromatic N) is 3. The van der Waals surface area contributed by atoms with Crippen molar-refractivity contribution in [2.24, 2.45) is 0 Å². The Morgan fingerprint density at radius 1 is 1.31 bits per heavy atom. The van der Waals surface area contributed by atoms with Gasteiger partial charge in [0.1, 0.15) is 0 Å². The first-order valence-corrected chi connectivity index (χ1v) is 8.49. The number of hydrogen-bond donors (Lipinski definition) is 0. The first-order valence-electron chi connectivity index (χ1n) is 8.49. The zero-order valence-corrected chi connectivity index (χ0v) is 14.8. The standard InChI is InChI=1S/C18H21F2N3O3/c1-12-21-17(22-26-12)18(7-10-25-2)5-8-23(9-6-18)16(24)13-3-4-14(19)15(20)11-13/h3-4,11H,5-10H2,1-2H3. The Morgan fingerprint density at radius 2 is 2.04 bits per heavy atom. The molecule has 0 spiro atoms. The molecule has 0 N–H and O–H groups in total. The van der Waals surface area contributed by atoms with Gasteiger partial charge in [-0.1, -0.05) is 5.16 Å². The topological polar surface area (TPSA) is 68.5 Å². The van der Waals surface area contributed by atoms with E-state index in [4.69, 9.17) is 9.26 Å². The van der Waals surface area contributed by atoms with E-state index in [2.05, 4.69) is 10.1 Å². The quantitative estimate of drug-likeness (QED) is 0.815. The number of carbonyl (C=O) groups is 1. The average molecular weight is 365 g/mol. The van der Waals surface area contributed by atoms with Crippen LogP contribution in [0.2, 0.25) is 0 Å². The second-order valence-electron chi connectivity index (χ2n) is 6.58. The number of ether oxygens (including phenoxy) is 1. The van der Waals surface area contributed by atoms with Crippen LogP contribution in [0, 0.1) is 18.6 Å². The number of piperidine rings is 1. The number of carbonyl (C=O) groups excluding carboxylic acids is 1. The first kappa shape index (κ1) is 18.4. The molecule has 1 amide bonds. The van der Waals surface area contributed by atoms with Gasteiger partial charge in [0, 0.05) is 44.7 Å². The van der Waals surface area contributed by atoms with Gasteiger partial charge in [-0.3, -0.25) is 4.79 Å². The van der Waals surface area contributed by atoms with Crippen molar-refractivity contribution in [3.8, 4) is 0 Å². The molecule has 1 fully saturated rings. The Balaban J connectivity index is 1.74. The van der Waals surface area contributed by atoms with Gasteiger partial charge in [0.05, 0.1) is 0 Å². The lowest BCUT2D eigenvalue weighted by Gasteiger charge is -2.39. The van der Waals surface area contributed by atoms with Crippen LogP contribution in [0.25, 0.3) is 0 Å². The third-order valence-corrected chi connectivity index (χ3v) is 4.96. The van der Waals surface area contributed by atoms with E-state index >= 15 is 0 Å². The van der Waals surface area contributed by atoms with Gasteiger partial charge in [-0.25, -0.2) is 8.78 Å². The molecule has 2 heterocycles. The van der Waals surface area contributed by atoms with Crippen molar-refractivity contribution >= 4 is 5.91 Å². The summed E-state index contributed by atoms with van der Waals surface area (Å²) in [5.41, 5.74) is -0.179. The zero-order valence-electron chi connectivity index (χ0n) is 14.8. The molecule has 1 aliphatic heterocycles. The van der Waals surface area contributed by atoms with Crippen molar-refractivity contribution in [1.82, 2.24) is 15.0 Å². The van der Waals surface area contributed by atoms with E-state index in [0.29, 0.717) is 44.3 Å². The van der Waals surface area contributed by atoms with Gasteiger partial charge in [0.2, 0.25) is 5.89 Å². The number of halogens is 2. The SMILES string of the molecule is COCCC1(c2noc(C)n2)CCN(C(=O)c2ccc(F)c(F)c2)CC1. The highest BCUT2D eigenvalue weighted by Crippen LogP contribution is 2.37. The summed E-state index contributed by atoms with van der Waals surface area (Å²) < 4.78 is 36.8. The van der Waals surface area contributed by atoms with Crippen LogP contribution in [-0.2, 0) is 10.2 Å². The van der Waals surface area contributed by atoms with Crippen molar-refractivity contribution in [3.63, 3.8) is 0 Å². The lowest BCUT2D eigenvalue weighted by atomic mass is 9.75. The summed E-state index contributed by atoms with van der Waals surface area (Å²) in [6.07, 6.45) is 2.01. The maximum Gasteiger partial charge on any atom is 0.253 e. The van der Waals surface area contributed by atoms with E-state index in [0.717, 1.165) is 18.6 Å². The lowest BCUT2D eigenvalue weighted by Crippen LogP contribution is -2.46. The number of likely N-dealkylation sites (tertiary alicyclic amines) is 1. The lowest BCUT2D eigenvalue weighted by molar-refractivity contribution is 0.0615. The molecule has 1 saturated heterocycles. The van der Waals surface area contributed by atoms with Crippen LogP contribution in [-0.4, -0.2) is 47.8 Å². The summed E-state index contributed by atoms with van der Waals surface area (Å²) in [6, 6.07) is 3.21. The second-order valence-corrected chi connectivity index (χ2v) is 6.58. The summed E-state index contributed by atoms with van der Waals surface area (Å²) in [6.45, 7) is 3.22. The number of aromatic nitrogens is 2. The minimum atomic E-state index is -1.02. The second kappa shape index (κ2) is 7.49. The molecule has 8 heteroatoms. The molecule has 0 unspecified atom stereocenters. The van der Waals surface area contributed by atoms with Crippen molar-refractivity contribution in [2.75, 3.05) is 26.8 Å². The number of benzene rings is 1. The van der Waals surface area contributed by atoms with Crippen LogP contribution in [0.1, 0.15) is 41.3 Å². The van der Waals surface area contributed by atoms with Crippen LogP contribution in [0.4, 0.5) is 8.78 Å². The van der Waals surface area contributed by atoms with Gasteiger partial charge in [-0.15, -0.1) is 0 Å². The summed E-state index contributed by atoms with van der Waals surface area (Å²) in [7, 11) is 1.64. The van der Waals surface area contributed by atoms with Crippen molar-refractivity contribution in [2.45, 2.75) is 31.6 Å². The third kappa shape index (κ3) is 3.60. The van der Waals surface area contributed by atoms with Gasteiger partial charge in [0.15, 0.2) is 17.5 Å². The largest absolute Gasteiger partial charge is 0.385 e. The molecule has 3 rings (SSSR count). The molecule has 0 atom stereocenters. The molecule has 0 aliphatic carbocycles. The van der Waals surface area contributed by atoms with Gasteiger partial charge >= 0.3 is 0 Å². The molecule has 140 valence electrons. The predicted octanol–water partition coefficient (Wildman–Crippen LogP) is 2.87. The van der Waals surface area contributed by atoms with Crippen LogP contribution in [0.15, 0.2) is 22.7 Å². The van der Waals surface area contributed by atoms with Crippen molar-refractivity contribution < 1.29 is 22.8 Å². The molecule has 1 aromatic carbocycles. The molecule has 26 heavy (non-hydrogen) atoms. The van der Waals surface area contributed by atoms with E-state index in [9.17, 15) is 13.6 Å². The molecular formula is C18H21F2N3O3. The molecule has 0 radical (unpaired) electrons. The van der Waals surface area contributed by atoms with Crippen LogP contribution >= 0.6 is 0 Å². The Hall–Kier alpha value is -2.35. The maximum atomic E-state index is 13.4. The van der Waals surface area contributed by atoms with E-state index in [-0.39, 0.29) is 16.9 Å². The maximum absolute atomic E-state index is 13.4. The molecule has 1 aliphatic rings. The molecule has 1 aromatic heterocycles. The minimum Gasteiger partial charge on any atom is -0.385 e. The summed E-state index contributed by atoms with van der Waals surface area (Å²) in [5, 5.41) is 4.08. The summed E-state index contributed by atoms with van der Waals surface area (Å²) >= 11 is 0. The van der Waals surface area contributed by atoms with E-state index in [1.165, 1.54) is 6.07 Å². The zero-order chi connectivity index (χ0) is 18.7. The van der Waals surface area contributed by atoms with E-state index in [1.807, 2.05) is 0 Å². The van der Waals surface area contributed by atoms with Crippen molar-refractivity contribution in [1.29, 1.82) is 0 Å². The van der Waals surface area contributed by atoms with Crippen LogP contribution < -0.4 is 0 Å². The van der Waals surface area contributed by atoms with Gasteiger partial charge in [-0.05, 0) is 37.5 Å². The monoisotopic (exact) mass is 365 g/mol. The molecule has 2 aromatic rings. The Labute approximate surface area is 150 Å². The fourth-order valence-electron chi connectivity index (χ4n) is 3.35. The first-order chi connectivity index (χ1) is 12.4. The third-order valence-electron chi connectivity index (χ3n) is 4.96. The fraction of sp³-hybridized carbons (Fsp3) is 0.500. The van der Waals surface area contributed by atoms with Gasteiger partial charge < -0.3 is 14.2 Å². The van der Waals surface area contributed by atoms with Crippen molar-refractivity contribution in [3.05, 3.63) is 47.1 Å². The smallest absolute Gasteiger partial charge is 0.253 e. The highest BCUT2D eigenvalue weighted by atomic mass is 19.2. The van der Waals surface area contributed by atoms with Gasteiger partial charge in [-0.2, -0.15) is 4.98 Å². The number of methoxy groups -OCH3 is 1. The fourth-order valence-corrected chi connectivity index (χ4v) is 3.35. The Morgan fingerprint density at radius 3 is 2.62 bits per heavy atom. The highest BCUT2D eigenvalue weighted by Gasteiger charge is 2.41. The van der Waals surface area contributed by atoms with E-state index in [1.54, 1.807) is 18.9 Å². The average Bonchev–Trinajstić information content (AvgIpc) is 3.09. The molecule has 6 nitrogen and oxygen atoms in total. The predicted molar refractivity (Wildman–Crippen MR) is 88.7 cm³/mol. The van der Waals surface area contributed by atoms with Gasteiger partial charge in [0.25, 0.3) is 5.91 Å². The summed E-state index contributed by atoms with van der Waals surface area (Å²) in [5.74, 6) is -1.17. The number of rotatable bonds is 5. The number of hydrogen-bond acceptors (Lipinski definition) is 5. The van der Waals surface area contributed by atoms with Crippen LogP contribution in [0.3, 0.4) is 0 Å². The Bertz CT molecular complexity index is 786.